The third-order valence-electron chi connectivity index (χ3n) is 4.89. The highest BCUT2D eigenvalue weighted by molar-refractivity contribution is 5.84. The summed E-state index contributed by atoms with van der Waals surface area (Å²) in [6.07, 6.45) is 0. The van der Waals surface area contributed by atoms with Crippen LogP contribution in [0.2, 0.25) is 0 Å². The number of hydrogen-bond acceptors (Lipinski definition) is 8. The fraction of sp³-hybridized carbons (Fsp3) is 0.286. The summed E-state index contributed by atoms with van der Waals surface area (Å²) in [5, 5.41) is 35.6. The van der Waals surface area contributed by atoms with Crippen molar-refractivity contribution in [1.82, 2.24) is 0 Å². The van der Waals surface area contributed by atoms with Crippen molar-refractivity contribution in [2.75, 3.05) is 36.1 Å². The molecule has 0 saturated carbocycles. The quantitative estimate of drug-likeness (QED) is 0.260. The van der Waals surface area contributed by atoms with E-state index in [1.165, 1.54) is 0 Å². The van der Waals surface area contributed by atoms with Gasteiger partial charge in [0.25, 0.3) is 0 Å². The Balaban J connectivity index is 0.000000989. The van der Waals surface area contributed by atoms with Crippen LogP contribution in [0.3, 0.4) is 0 Å². The zero-order valence-corrected chi connectivity index (χ0v) is 16.9. The van der Waals surface area contributed by atoms with E-state index in [0.29, 0.717) is 12.2 Å². The second kappa shape index (κ2) is 10.6. The molecule has 1 atom stereocenters. The van der Waals surface area contributed by atoms with Crippen LogP contribution in [0.4, 0.5) is 17.1 Å². The van der Waals surface area contributed by atoms with Crippen molar-refractivity contribution in [2.24, 2.45) is 0 Å². The lowest BCUT2D eigenvalue weighted by Crippen LogP contribution is -2.23. The van der Waals surface area contributed by atoms with E-state index in [2.05, 4.69) is 5.32 Å². The molecule has 2 aromatic rings. The Labute approximate surface area is 170 Å². The van der Waals surface area contributed by atoms with E-state index in [1.54, 1.807) is 6.92 Å². The van der Waals surface area contributed by atoms with Crippen LogP contribution in [-0.2, 0) is 10.4 Å². The Morgan fingerprint density at radius 3 is 2.41 bits per heavy atom. The maximum atomic E-state index is 11.1. The highest BCUT2D eigenvalue weighted by Crippen LogP contribution is 2.45. The van der Waals surface area contributed by atoms with Crippen LogP contribution < -0.4 is 16.0 Å². The summed E-state index contributed by atoms with van der Waals surface area (Å²) in [6, 6.07) is 13.5. The standard InChI is InChI=1S/C20H25N3O2.CH2O.H2O2/c1-13(15-12-14(8-9-17(15)21)23(3)10-11-24)19-20(2,25)16-6-4-5-7-18(16)22-19;2*1-2/h4-9,12,22,24-25H,10-11,21H2,1-3H3;1H2;1-2H/b19-13+;;. The van der Waals surface area contributed by atoms with Crippen molar-refractivity contribution < 1.29 is 25.5 Å². The van der Waals surface area contributed by atoms with Crippen LogP contribution >= 0.6 is 0 Å². The third kappa shape index (κ3) is 4.93. The van der Waals surface area contributed by atoms with Gasteiger partial charge in [-0.05, 0) is 43.7 Å². The van der Waals surface area contributed by atoms with E-state index < -0.39 is 5.60 Å². The molecular formula is C21H29N3O5. The minimum Gasteiger partial charge on any atom is -0.398 e. The van der Waals surface area contributed by atoms with Gasteiger partial charge in [0.1, 0.15) is 12.4 Å². The van der Waals surface area contributed by atoms with Gasteiger partial charge in [-0.1, -0.05) is 18.2 Å². The third-order valence-corrected chi connectivity index (χ3v) is 4.89. The Bertz CT molecular complexity index is 852. The van der Waals surface area contributed by atoms with Crippen LogP contribution in [0, 0.1) is 0 Å². The summed E-state index contributed by atoms with van der Waals surface area (Å²) < 4.78 is 0. The zero-order valence-electron chi connectivity index (χ0n) is 16.9. The van der Waals surface area contributed by atoms with E-state index in [4.69, 9.17) is 26.1 Å². The van der Waals surface area contributed by atoms with Crippen molar-refractivity contribution in [3.8, 4) is 0 Å². The number of allylic oxidation sites excluding steroid dienone is 1. The van der Waals surface area contributed by atoms with Crippen LogP contribution in [0.5, 0.6) is 0 Å². The number of rotatable bonds is 4. The van der Waals surface area contributed by atoms with Crippen LogP contribution in [0.15, 0.2) is 48.2 Å². The molecule has 0 bridgehead atoms. The predicted octanol–water partition coefficient (Wildman–Crippen LogP) is 2.59. The Morgan fingerprint density at radius 1 is 1.21 bits per heavy atom. The van der Waals surface area contributed by atoms with Crippen LogP contribution in [-0.4, -0.2) is 47.7 Å². The molecule has 29 heavy (non-hydrogen) atoms. The molecule has 7 N–H and O–H groups in total. The number of nitrogens with one attached hydrogen (secondary N) is 1. The average molecular weight is 403 g/mol. The van der Waals surface area contributed by atoms with E-state index in [-0.39, 0.29) is 6.61 Å². The smallest absolute Gasteiger partial charge is 0.129 e. The summed E-state index contributed by atoms with van der Waals surface area (Å²) in [5.41, 5.74) is 11.0. The molecule has 0 fully saturated rings. The van der Waals surface area contributed by atoms with Crippen LogP contribution in [0.1, 0.15) is 25.0 Å². The van der Waals surface area contributed by atoms with Gasteiger partial charge in [-0.25, -0.2) is 0 Å². The minimum absolute atomic E-state index is 0.0852. The zero-order chi connectivity index (χ0) is 22.2. The molecule has 2 aromatic carbocycles. The maximum Gasteiger partial charge on any atom is 0.129 e. The molecule has 8 nitrogen and oxygen atoms in total. The van der Waals surface area contributed by atoms with E-state index in [9.17, 15) is 5.11 Å². The average Bonchev–Trinajstić information content (AvgIpc) is 3.02. The van der Waals surface area contributed by atoms with Gasteiger partial charge < -0.3 is 31.0 Å². The molecule has 0 spiro atoms. The van der Waals surface area contributed by atoms with Gasteiger partial charge in [-0.2, -0.15) is 0 Å². The highest BCUT2D eigenvalue weighted by atomic mass is 17.0. The van der Waals surface area contributed by atoms with Gasteiger partial charge in [-0.15, -0.1) is 0 Å². The maximum absolute atomic E-state index is 11.1. The molecule has 1 aliphatic heterocycles. The van der Waals surface area contributed by atoms with Crippen molar-refractivity contribution in [2.45, 2.75) is 19.4 Å². The molecule has 1 heterocycles. The largest absolute Gasteiger partial charge is 0.398 e. The Hall–Kier alpha value is -2.91. The lowest BCUT2D eigenvalue weighted by molar-refractivity contribution is -0.176. The van der Waals surface area contributed by atoms with Crippen molar-refractivity contribution in [1.29, 1.82) is 0 Å². The SMILES string of the molecule is C/C(=C1\Nc2ccccc2C1(C)O)c1cc(N(C)CCO)ccc1N.C=O.OO. The number of carbonyl (C=O) groups is 1. The molecule has 0 aromatic heterocycles. The Kier molecular flexibility index (Phi) is 8.81. The molecule has 1 unspecified atom stereocenters. The number of benzene rings is 2. The van der Waals surface area contributed by atoms with E-state index >= 15 is 0 Å². The number of aliphatic hydroxyl groups excluding tert-OH is 1. The monoisotopic (exact) mass is 403 g/mol. The van der Waals surface area contributed by atoms with Crippen molar-refractivity contribution in [3.63, 3.8) is 0 Å². The molecule has 158 valence electrons. The fourth-order valence-corrected chi connectivity index (χ4v) is 3.39. The van der Waals surface area contributed by atoms with Gasteiger partial charge in [-0.3, -0.25) is 10.5 Å². The first-order valence-electron chi connectivity index (χ1n) is 8.87. The van der Waals surface area contributed by atoms with Crippen molar-refractivity contribution in [3.05, 3.63) is 59.3 Å². The molecule has 8 heteroatoms. The molecule has 0 radical (unpaired) electrons. The number of anilines is 3. The second-order valence-corrected chi connectivity index (χ2v) is 6.66. The number of para-hydroxylation sites is 1. The molecule has 0 aliphatic carbocycles. The van der Waals surface area contributed by atoms with Crippen molar-refractivity contribution >= 4 is 29.4 Å². The molecule has 0 amide bonds. The lowest BCUT2D eigenvalue weighted by atomic mass is 9.90. The minimum atomic E-state index is -1.10. The highest BCUT2D eigenvalue weighted by Gasteiger charge is 2.38. The number of hydrogen-bond donors (Lipinski definition) is 6. The van der Waals surface area contributed by atoms with Gasteiger partial charge in [0.15, 0.2) is 0 Å². The number of carbonyl (C=O) groups excluding carboxylic acids is 1. The molecular weight excluding hydrogens is 374 g/mol. The predicted molar refractivity (Wildman–Crippen MR) is 116 cm³/mol. The normalized spacial score (nSPS) is 18.3. The number of nitrogens with zero attached hydrogens (tertiary/aromatic N) is 1. The van der Waals surface area contributed by atoms with Crippen LogP contribution in [0.25, 0.3) is 5.57 Å². The van der Waals surface area contributed by atoms with Gasteiger partial charge in [0.05, 0.1) is 12.3 Å². The lowest BCUT2D eigenvalue weighted by Gasteiger charge is -2.24. The summed E-state index contributed by atoms with van der Waals surface area (Å²) in [5.74, 6) is 0. The summed E-state index contributed by atoms with van der Waals surface area (Å²) in [6.45, 7) is 6.38. The number of nitrogens with two attached hydrogens (primary N) is 1. The Morgan fingerprint density at radius 2 is 1.83 bits per heavy atom. The first-order valence-corrected chi connectivity index (χ1v) is 8.87. The summed E-state index contributed by atoms with van der Waals surface area (Å²) in [4.78, 5) is 9.97. The summed E-state index contributed by atoms with van der Waals surface area (Å²) in [7, 11) is 1.92. The molecule has 0 saturated heterocycles. The number of aliphatic hydroxyl groups is 2. The number of likely N-dealkylation sites (N-methyl/N-ethyl adjacent to an activating group) is 1. The first-order chi connectivity index (χ1) is 13.9. The van der Waals surface area contributed by atoms with E-state index in [1.807, 2.05) is 68.1 Å². The number of nitrogen functional groups attached to an aromatic ring is 1. The first kappa shape index (κ1) is 24.1. The van der Waals surface area contributed by atoms with E-state index in [0.717, 1.165) is 33.8 Å². The fourth-order valence-electron chi connectivity index (χ4n) is 3.39. The van der Waals surface area contributed by atoms with Gasteiger partial charge in [0.2, 0.25) is 0 Å². The van der Waals surface area contributed by atoms with Gasteiger partial charge in [0, 0.05) is 41.8 Å². The molecule has 1 aliphatic rings. The second-order valence-electron chi connectivity index (χ2n) is 6.66. The number of fused-ring (bicyclic) bond motifs is 1. The van der Waals surface area contributed by atoms with Gasteiger partial charge >= 0.3 is 0 Å². The molecule has 3 rings (SSSR count). The summed E-state index contributed by atoms with van der Waals surface area (Å²) >= 11 is 0. The topological polar surface area (TPSA) is 139 Å².